The summed E-state index contributed by atoms with van der Waals surface area (Å²) in [7, 11) is 1.61. The summed E-state index contributed by atoms with van der Waals surface area (Å²) in [6.07, 6.45) is 0. The van der Waals surface area contributed by atoms with E-state index in [0.29, 0.717) is 36.6 Å². The molecule has 31 heavy (non-hydrogen) atoms. The van der Waals surface area contributed by atoms with Gasteiger partial charge in [-0.3, -0.25) is 4.90 Å². The number of nitriles is 1. The molecule has 0 bridgehead atoms. The minimum Gasteiger partial charge on any atom is -0.497 e. The normalized spacial score (nSPS) is 15.3. The lowest BCUT2D eigenvalue weighted by Crippen LogP contribution is -2.41. The van der Waals surface area contributed by atoms with E-state index in [1.165, 1.54) is 0 Å². The first-order valence-corrected chi connectivity index (χ1v) is 10.4. The number of anilines is 1. The number of ether oxygens (including phenoxy) is 2. The van der Waals surface area contributed by atoms with Gasteiger partial charge in [0.05, 0.1) is 26.4 Å². The fourth-order valence-corrected chi connectivity index (χ4v) is 3.89. The number of hydrogen-bond donors (Lipinski definition) is 1. The van der Waals surface area contributed by atoms with Crippen LogP contribution in [0.3, 0.4) is 0 Å². The van der Waals surface area contributed by atoms with Crippen molar-refractivity contribution >= 4 is 17.5 Å². The molecule has 1 saturated heterocycles. The molecule has 1 aliphatic heterocycles. The lowest BCUT2D eigenvalue weighted by molar-refractivity contribution is 0.0186. The Balaban J connectivity index is 1.57. The van der Waals surface area contributed by atoms with Crippen molar-refractivity contribution in [2.45, 2.75) is 6.04 Å². The van der Waals surface area contributed by atoms with Gasteiger partial charge >= 0.3 is 0 Å². The molecule has 1 unspecified atom stereocenters. The van der Waals surface area contributed by atoms with Crippen LogP contribution in [0.15, 0.2) is 52.9 Å². The fourth-order valence-electron chi connectivity index (χ4n) is 3.63. The van der Waals surface area contributed by atoms with Crippen molar-refractivity contribution in [3.63, 3.8) is 0 Å². The van der Waals surface area contributed by atoms with E-state index in [9.17, 15) is 5.26 Å². The number of nitrogens with one attached hydrogen (secondary N) is 1. The van der Waals surface area contributed by atoms with E-state index in [1.54, 1.807) is 7.11 Å². The molecule has 3 aromatic rings. The van der Waals surface area contributed by atoms with Crippen molar-refractivity contribution in [2.75, 3.05) is 45.3 Å². The number of oxazole rings is 1. The zero-order valence-electron chi connectivity index (χ0n) is 17.2. The van der Waals surface area contributed by atoms with Crippen molar-refractivity contribution < 1.29 is 13.9 Å². The molecule has 1 atom stereocenters. The lowest BCUT2D eigenvalue weighted by Gasteiger charge is -2.35. The minimum absolute atomic E-state index is 0.00122. The summed E-state index contributed by atoms with van der Waals surface area (Å²) in [5.41, 5.74) is 2.00. The average molecular weight is 439 g/mol. The molecule has 1 N–H and O–H groups in total. The highest BCUT2D eigenvalue weighted by molar-refractivity contribution is 6.31. The molecule has 2 aromatic carbocycles. The Morgan fingerprint density at radius 1 is 1.19 bits per heavy atom. The molecule has 0 radical (unpaired) electrons. The van der Waals surface area contributed by atoms with Gasteiger partial charge in [-0.05, 0) is 35.9 Å². The van der Waals surface area contributed by atoms with Crippen molar-refractivity contribution in [1.82, 2.24) is 9.88 Å². The molecule has 0 aliphatic carbocycles. The van der Waals surface area contributed by atoms with Crippen molar-refractivity contribution in [3.8, 4) is 23.3 Å². The Kier molecular flexibility index (Phi) is 6.73. The van der Waals surface area contributed by atoms with Crippen molar-refractivity contribution in [3.05, 3.63) is 64.8 Å². The lowest BCUT2D eigenvalue weighted by atomic mass is 10.0. The smallest absolute Gasteiger partial charge is 0.232 e. The first kappa shape index (κ1) is 21.2. The van der Waals surface area contributed by atoms with Gasteiger partial charge in [-0.15, -0.1) is 0 Å². The molecule has 7 nitrogen and oxygen atoms in total. The molecular weight excluding hydrogens is 416 g/mol. The van der Waals surface area contributed by atoms with Crippen LogP contribution in [0.5, 0.6) is 5.75 Å². The van der Waals surface area contributed by atoms with Gasteiger partial charge in [-0.25, -0.2) is 0 Å². The summed E-state index contributed by atoms with van der Waals surface area (Å²) < 4.78 is 16.6. The average Bonchev–Trinajstić information content (AvgIpc) is 3.24. The number of aromatic nitrogens is 1. The second-order valence-corrected chi connectivity index (χ2v) is 7.51. The highest BCUT2D eigenvalue weighted by Gasteiger charge is 2.25. The number of rotatable bonds is 7. The zero-order chi connectivity index (χ0) is 21.6. The summed E-state index contributed by atoms with van der Waals surface area (Å²) in [5.74, 6) is 1.46. The van der Waals surface area contributed by atoms with Gasteiger partial charge < -0.3 is 19.2 Å². The standard InChI is InChI=1S/C23H23ClN4O3/c1-29-17-8-6-16(7-9-17)22-27-20(14-25)23(31-22)26-15-21(28-10-12-30-13-11-28)18-4-2-3-5-19(18)24/h2-9,21,26H,10-13,15H2,1H3. The van der Waals surface area contributed by atoms with Gasteiger partial charge in [0.15, 0.2) is 0 Å². The Labute approximate surface area is 186 Å². The van der Waals surface area contributed by atoms with Crippen LogP contribution in [0.25, 0.3) is 11.5 Å². The van der Waals surface area contributed by atoms with E-state index in [4.69, 9.17) is 25.5 Å². The molecule has 0 amide bonds. The third kappa shape index (κ3) is 4.83. The summed E-state index contributed by atoms with van der Waals surface area (Å²) in [6.45, 7) is 3.46. The van der Waals surface area contributed by atoms with E-state index in [0.717, 1.165) is 30.0 Å². The molecule has 160 valence electrons. The summed E-state index contributed by atoms with van der Waals surface area (Å²) >= 11 is 6.50. The van der Waals surface area contributed by atoms with Crippen LogP contribution in [0.2, 0.25) is 5.02 Å². The third-order valence-electron chi connectivity index (χ3n) is 5.28. The predicted octanol–water partition coefficient (Wildman–Crippen LogP) is 4.36. The second kappa shape index (κ2) is 9.84. The first-order chi connectivity index (χ1) is 15.2. The van der Waals surface area contributed by atoms with Crippen LogP contribution < -0.4 is 10.1 Å². The van der Waals surface area contributed by atoms with Crippen LogP contribution in [0.4, 0.5) is 5.88 Å². The van der Waals surface area contributed by atoms with E-state index in [1.807, 2.05) is 48.5 Å². The molecule has 0 spiro atoms. The topological polar surface area (TPSA) is 83.5 Å². The third-order valence-corrected chi connectivity index (χ3v) is 5.62. The summed E-state index contributed by atoms with van der Waals surface area (Å²) in [6, 6.07) is 17.3. The van der Waals surface area contributed by atoms with Gasteiger partial charge in [0, 0.05) is 30.2 Å². The number of nitrogens with zero attached hydrogens (tertiary/aromatic N) is 3. The Hall–Kier alpha value is -3.05. The van der Waals surface area contributed by atoms with E-state index >= 15 is 0 Å². The quantitative estimate of drug-likeness (QED) is 0.586. The summed E-state index contributed by atoms with van der Waals surface area (Å²) in [5, 5.41) is 13.5. The van der Waals surface area contributed by atoms with Crippen molar-refractivity contribution in [2.24, 2.45) is 0 Å². The molecular formula is C23H23ClN4O3. The van der Waals surface area contributed by atoms with E-state index in [2.05, 4.69) is 21.3 Å². The first-order valence-electron chi connectivity index (χ1n) is 10.0. The Bertz CT molecular complexity index is 1060. The number of methoxy groups -OCH3 is 1. The van der Waals surface area contributed by atoms with Gasteiger partial charge in [-0.2, -0.15) is 10.2 Å². The Morgan fingerprint density at radius 2 is 1.94 bits per heavy atom. The van der Waals surface area contributed by atoms with E-state index in [-0.39, 0.29) is 11.7 Å². The van der Waals surface area contributed by atoms with Crippen LogP contribution in [-0.4, -0.2) is 49.8 Å². The maximum atomic E-state index is 9.56. The molecule has 4 rings (SSSR count). The highest BCUT2D eigenvalue weighted by atomic mass is 35.5. The zero-order valence-corrected chi connectivity index (χ0v) is 17.9. The molecule has 1 aromatic heterocycles. The molecule has 0 saturated carbocycles. The molecule has 1 aliphatic rings. The number of benzene rings is 2. The SMILES string of the molecule is COc1ccc(-c2nc(C#N)c(NCC(c3ccccc3Cl)N3CCOCC3)o2)cc1. The fraction of sp³-hybridized carbons (Fsp3) is 0.304. The number of morpholine rings is 1. The number of halogens is 1. The Morgan fingerprint density at radius 3 is 2.61 bits per heavy atom. The minimum atomic E-state index is -0.00122. The van der Waals surface area contributed by atoms with Gasteiger partial charge in [0.1, 0.15) is 11.8 Å². The molecule has 2 heterocycles. The number of hydrogen-bond acceptors (Lipinski definition) is 7. The largest absolute Gasteiger partial charge is 0.497 e. The van der Waals surface area contributed by atoms with Crippen LogP contribution >= 0.6 is 11.6 Å². The van der Waals surface area contributed by atoms with E-state index < -0.39 is 0 Å². The van der Waals surface area contributed by atoms with Crippen LogP contribution in [-0.2, 0) is 4.74 Å². The van der Waals surface area contributed by atoms with Crippen LogP contribution in [0, 0.1) is 11.3 Å². The molecule has 1 fully saturated rings. The van der Waals surface area contributed by atoms with Crippen molar-refractivity contribution in [1.29, 1.82) is 5.26 Å². The van der Waals surface area contributed by atoms with Gasteiger partial charge in [0.25, 0.3) is 0 Å². The second-order valence-electron chi connectivity index (χ2n) is 7.10. The van der Waals surface area contributed by atoms with Gasteiger partial charge in [0.2, 0.25) is 17.5 Å². The summed E-state index contributed by atoms with van der Waals surface area (Å²) in [4.78, 5) is 6.67. The molecule has 8 heteroatoms. The highest BCUT2D eigenvalue weighted by Crippen LogP contribution is 2.31. The maximum absolute atomic E-state index is 9.56. The monoisotopic (exact) mass is 438 g/mol. The van der Waals surface area contributed by atoms with Crippen LogP contribution in [0.1, 0.15) is 17.3 Å². The maximum Gasteiger partial charge on any atom is 0.232 e. The van der Waals surface area contributed by atoms with Gasteiger partial charge in [-0.1, -0.05) is 29.8 Å². The predicted molar refractivity (Wildman–Crippen MR) is 118 cm³/mol.